The molecule has 0 atom stereocenters. The molecule has 0 saturated carbocycles. The average Bonchev–Trinajstić information content (AvgIpc) is 2.25. The maximum absolute atomic E-state index is 12.0. The fourth-order valence-corrected chi connectivity index (χ4v) is 2.01. The molecule has 0 amide bonds. The van der Waals surface area contributed by atoms with Gasteiger partial charge in [-0.1, -0.05) is 0 Å². The molecule has 0 unspecified atom stereocenters. The molecule has 2 N–H and O–H groups in total. The Bertz CT molecular complexity index is 332. The molecule has 0 spiro atoms. The summed E-state index contributed by atoms with van der Waals surface area (Å²) in [5, 5.41) is 12.8. The van der Waals surface area contributed by atoms with Crippen molar-refractivity contribution in [1.29, 1.82) is 0 Å². The number of hydrogen-bond acceptors (Lipinski definition) is 4. The Labute approximate surface area is 89.5 Å². The zero-order valence-corrected chi connectivity index (χ0v) is 9.75. The van der Waals surface area contributed by atoms with Crippen molar-refractivity contribution in [3.05, 3.63) is 11.3 Å². The molecule has 1 rings (SSSR count). The molecule has 0 aromatic heterocycles. The molecular weight excluding hydrogens is 196 g/mol. The van der Waals surface area contributed by atoms with E-state index in [1.54, 1.807) is 27.7 Å². The number of carbonyl (C=O) groups excluding carboxylic acids is 1. The van der Waals surface area contributed by atoms with E-state index in [1.165, 1.54) is 7.11 Å². The largest absolute Gasteiger partial charge is 0.466 e. The number of methoxy groups -OCH3 is 1. The molecule has 0 aliphatic carbocycles. The zero-order valence-electron chi connectivity index (χ0n) is 9.75. The lowest BCUT2D eigenvalue weighted by Gasteiger charge is -2.33. The molecule has 5 nitrogen and oxygen atoms in total. The fraction of sp³-hybridized carbons (Fsp3) is 0.700. The number of nitrogens with zero attached hydrogens (tertiary/aromatic N) is 1. The first-order valence-electron chi connectivity index (χ1n) is 4.73. The number of ether oxygens (including phenoxy) is 1. The van der Waals surface area contributed by atoms with Crippen LogP contribution in [0.15, 0.2) is 11.3 Å². The van der Waals surface area contributed by atoms with Crippen molar-refractivity contribution in [2.45, 2.75) is 38.8 Å². The third kappa shape index (κ3) is 1.42. The molecule has 85 valence electrons. The second-order valence-corrected chi connectivity index (χ2v) is 4.69. The third-order valence-electron chi connectivity index (χ3n) is 2.95. The van der Waals surface area contributed by atoms with Crippen LogP contribution in [0.3, 0.4) is 0 Å². The number of nitrogens with two attached hydrogens (primary N) is 1. The van der Waals surface area contributed by atoms with E-state index in [2.05, 4.69) is 4.74 Å². The van der Waals surface area contributed by atoms with E-state index < -0.39 is 17.0 Å². The summed E-state index contributed by atoms with van der Waals surface area (Å²) in [7, 11) is 1.28. The standard InChI is InChI=1S/C10H17N2O3/c1-9(2)6(8(13)15-5)7(11)10(3,4)12(9)14/h11H2,1-5H3. The minimum Gasteiger partial charge on any atom is -0.466 e. The summed E-state index contributed by atoms with van der Waals surface area (Å²) in [6, 6.07) is 0. The second-order valence-electron chi connectivity index (χ2n) is 4.69. The summed E-state index contributed by atoms with van der Waals surface area (Å²) < 4.78 is 4.64. The summed E-state index contributed by atoms with van der Waals surface area (Å²) in [5.74, 6) is -0.538. The fourth-order valence-electron chi connectivity index (χ4n) is 2.01. The molecule has 0 bridgehead atoms. The lowest BCUT2D eigenvalue weighted by molar-refractivity contribution is -0.240. The minimum atomic E-state index is -0.944. The first kappa shape index (κ1) is 12.0. The monoisotopic (exact) mass is 213 g/mol. The van der Waals surface area contributed by atoms with E-state index in [1.807, 2.05) is 0 Å². The van der Waals surface area contributed by atoms with Crippen LogP contribution in [-0.4, -0.2) is 29.2 Å². The molecule has 0 saturated heterocycles. The number of carbonyl (C=O) groups is 1. The Kier molecular flexibility index (Phi) is 2.57. The molecule has 1 radical (unpaired) electrons. The Morgan fingerprint density at radius 2 is 1.73 bits per heavy atom. The summed E-state index contributed by atoms with van der Waals surface area (Å²) in [4.78, 5) is 11.5. The van der Waals surface area contributed by atoms with Gasteiger partial charge in [-0.05, 0) is 27.7 Å². The normalized spacial score (nSPS) is 24.4. The van der Waals surface area contributed by atoms with Crippen molar-refractivity contribution in [3.8, 4) is 0 Å². The average molecular weight is 213 g/mol. The molecule has 0 fully saturated rings. The van der Waals surface area contributed by atoms with Gasteiger partial charge in [0.15, 0.2) is 0 Å². The maximum Gasteiger partial charge on any atom is 0.337 e. The van der Waals surface area contributed by atoms with E-state index in [9.17, 15) is 10.0 Å². The van der Waals surface area contributed by atoms with Crippen LogP contribution in [-0.2, 0) is 14.7 Å². The molecule has 15 heavy (non-hydrogen) atoms. The van der Waals surface area contributed by atoms with Crippen molar-refractivity contribution in [2.24, 2.45) is 5.73 Å². The summed E-state index contributed by atoms with van der Waals surface area (Å²) in [6.45, 7) is 6.70. The van der Waals surface area contributed by atoms with Crippen molar-refractivity contribution < 1.29 is 14.7 Å². The van der Waals surface area contributed by atoms with Gasteiger partial charge in [0.05, 0.1) is 23.8 Å². The highest BCUT2D eigenvalue weighted by molar-refractivity contribution is 5.92. The van der Waals surface area contributed by atoms with Crippen LogP contribution in [0.4, 0.5) is 0 Å². The van der Waals surface area contributed by atoms with Crippen LogP contribution < -0.4 is 5.73 Å². The Hall–Kier alpha value is -1.07. The smallest absolute Gasteiger partial charge is 0.337 e. The van der Waals surface area contributed by atoms with Crippen LogP contribution in [0, 0.1) is 0 Å². The topological polar surface area (TPSA) is 75.5 Å². The van der Waals surface area contributed by atoms with Crippen LogP contribution in [0.5, 0.6) is 0 Å². The molecule has 5 heteroatoms. The van der Waals surface area contributed by atoms with Crippen LogP contribution >= 0.6 is 0 Å². The number of hydrogen-bond donors (Lipinski definition) is 1. The van der Waals surface area contributed by atoms with Gasteiger partial charge in [0, 0.05) is 5.70 Å². The van der Waals surface area contributed by atoms with E-state index >= 15 is 0 Å². The Balaban J connectivity index is 3.33. The summed E-state index contributed by atoms with van der Waals surface area (Å²) >= 11 is 0. The number of esters is 1. The van der Waals surface area contributed by atoms with Crippen molar-refractivity contribution in [2.75, 3.05) is 7.11 Å². The van der Waals surface area contributed by atoms with Gasteiger partial charge in [0.2, 0.25) is 0 Å². The predicted molar refractivity (Wildman–Crippen MR) is 53.9 cm³/mol. The number of hydroxylamine groups is 2. The molecule has 0 aromatic rings. The quantitative estimate of drug-likeness (QED) is 0.647. The zero-order chi connectivity index (χ0) is 12.0. The first-order chi connectivity index (χ1) is 6.67. The third-order valence-corrected chi connectivity index (χ3v) is 2.95. The van der Waals surface area contributed by atoms with Gasteiger partial charge < -0.3 is 10.5 Å². The van der Waals surface area contributed by atoms with Gasteiger partial charge in [-0.3, -0.25) is 0 Å². The molecular formula is C10H17N2O3. The second kappa shape index (κ2) is 3.21. The maximum atomic E-state index is 12.0. The minimum absolute atomic E-state index is 0.255. The van der Waals surface area contributed by atoms with E-state index in [0.29, 0.717) is 0 Å². The molecule has 1 heterocycles. The van der Waals surface area contributed by atoms with Crippen LogP contribution in [0.1, 0.15) is 27.7 Å². The molecule has 0 aromatic carbocycles. The first-order valence-corrected chi connectivity index (χ1v) is 4.73. The van der Waals surface area contributed by atoms with Crippen LogP contribution in [0.25, 0.3) is 0 Å². The lowest BCUT2D eigenvalue weighted by atomic mass is 9.95. The van der Waals surface area contributed by atoms with Gasteiger partial charge in [-0.15, -0.1) is 10.3 Å². The molecule has 1 aliphatic heterocycles. The van der Waals surface area contributed by atoms with E-state index in [4.69, 9.17) is 5.73 Å². The molecule has 1 aliphatic rings. The SMILES string of the molecule is COC(=O)C1=C(N)C(C)(C)N([O])C1(C)C. The highest BCUT2D eigenvalue weighted by Gasteiger charge is 2.53. The lowest BCUT2D eigenvalue weighted by Crippen LogP contribution is -2.48. The van der Waals surface area contributed by atoms with Crippen molar-refractivity contribution in [1.82, 2.24) is 5.06 Å². The predicted octanol–water partition coefficient (Wildman–Crippen LogP) is 0.590. The van der Waals surface area contributed by atoms with E-state index in [0.717, 1.165) is 5.06 Å². The highest BCUT2D eigenvalue weighted by atomic mass is 16.5. The van der Waals surface area contributed by atoms with Gasteiger partial charge in [-0.25, -0.2) is 4.79 Å². The van der Waals surface area contributed by atoms with Crippen molar-refractivity contribution in [3.63, 3.8) is 0 Å². The van der Waals surface area contributed by atoms with Gasteiger partial charge in [0.25, 0.3) is 0 Å². The summed E-state index contributed by atoms with van der Waals surface area (Å²) in [6.07, 6.45) is 0. The number of rotatable bonds is 1. The van der Waals surface area contributed by atoms with Gasteiger partial charge in [0.1, 0.15) is 0 Å². The Morgan fingerprint density at radius 3 is 2.00 bits per heavy atom. The highest BCUT2D eigenvalue weighted by Crippen LogP contribution is 2.42. The van der Waals surface area contributed by atoms with Gasteiger partial charge >= 0.3 is 5.97 Å². The summed E-state index contributed by atoms with van der Waals surface area (Å²) in [5.41, 5.74) is 4.57. The van der Waals surface area contributed by atoms with E-state index in [-0.39, 0.29) is 11.3 Å². The van der Waals surface area contributed by atoms with Gasteiger partial charge in [-0.2, -0.15) is 0 Å². The van der Waals surface area contributed by atoms with Crippen LogP contribution in [0.2, 0.25) is 0 Å². The van der Waals surface area contributed by atoms with Crippen molar-refractivity contribution >= 4 is 5.97 Å². The Morgan fingerprint density at radius 1 is 1.27 bits per heavy atom.